The van der Waals surface area contributed by atoms with Crippen molar-refractivity contribution < 1.29 is 14.3 Å². The van der Waals surface area contributed by atoms with Crippen LogP contribution in [0.15, 0.2) is 67.0 Å². The minimum absolute atomic E-state index is 0.0614. The number of carbonyl (C=O) groups is 2. The number of rotatable bonds is 7. The van der Waals surface area contributed by atoms with Gasteiger partial charge in [0.25, 0.3) is 5.91 Å². The maximum Gasteiger partial charge on any atom is 0.255 e. The number of halogens is 1. The standard InChI is InChI=1S/C25H26ClN3O3/c1-32-23-17-22(28-11-5-6-12-28)20(26)16-19(23)24(30)27-21(15-18-9-3-2-4-10-18)25(31)29-13-7-8-14-29/h2-6,9-12,16-17,21H,7-8,13-15H2,1H3,(H,27,30). The summed E-state index contributed by atoms with van der Waals surface area (Å²) in [5, 5.41) is 3.35. The van der Waals surface area contributed by atoms with Crippen molar-refractivity contribution in [1.82, 2.24) is 14.8 Å². The van der Waals surface area contributed by atoms with Crippen molar-refractivity contribution in [2.24, 2.45) is 0 Å². The molecule has 3 aromatic rings. The summed E-state index contributed by atoms with van der Waals surface area (Å²) >= 11 is 6.49. The molecule has 1 N–H and O–H groups in total. The van der Waals surface area contributed by atoms with Gasteiger partial charge in [-0.05, 0) is 36.6 Å². The molecule has 1 unspecified atom stereocenters. The normalized spacial score (nSPS) is 14.2. The lowest BCUT2D eigenvalue weighted by atomic mass is 10.0. The zero-order valence-electron chi connectivity index (χ0n) is 18.0. The smallest absolute Gasteiger partial charge is 0.255 e. The summed E-state index contributed by atoms with van der Waals surface area (Å²) in [5.74, 6) is -0.0623. The van der Waals surface area contributed by atoms with Gasteiger partial charge in [0.1, 0.15) is 11.8 Å². The number of carbonyl (C=O) groups excluding carboxylic acids is 2. The molecular weight excluding hydrogens is 426 g/mol. The lowest BCUT2D eigenvalue weighted by Crippen LogP contribution is -2.49. The van der Waals surface area contributed by atoms with Crippen LogP contribution in [-0.4, -0.2) is 47.5 Å². The van der Waals surface area contributed by atoms with Gasteiger partial charge in [-0.2, -0.15) is 0 Å². The molecule has 1 aromatic heterocycles. The summed E-state index contributed by atoms with van der Waals surface area (Å²) in [6.45, 7) is 1.45. The number of hydrogen-bond acceptors (Lipinski definition) is 3. The van der Waals surface area contributed by atoms with Crippen LogP contribution in [0.5, 0.6) is 5.75 Å². The number of ether oxygens (including phenoxy) is 1. The van der Waals surface area contributed by atoms with Crippen molar-refractivity contribution in [3.05, 3.63) is 83.1 Å². The lowest BCUT2D eigenvalue weighted by molar-refractivity contribution is -0.132. The summed E-state index contributed by atoms with van der Waals surface area (Å²) in [4.78, 5) is 28.3. The molecule has 1 fully saturated rings. The van der Waals surface area contributed by atoms with E-state index in [2.05, 4.69) is 5.32 Å². The third-order valence-electron chi connectivity index (χ3n) is 5.70. The maximum absolute atomic E-state index is 13.3. The van der Waals surface area contributed by atoms with Gasteiger partial charge in [-0.3, -0.25) is 9.59 Å². The molecule has 1 saturated heterocycles. The van der Waals surface area contributed by atoms with Crippen molar-refractivity contribution >= 4 is 23.4 Å². The van der Waals surface area contributed by atoms with E-state index in [1.807, 2.05) is 64.3 Å². The van der Waals surface area contributed by atoms with E-state index in [1.165, 1.54) is 7.11 Å². The minimum Gasteiger partial charge on any atom is -0.496 e. The second-order valence-electron chi connectivity index (χ2n) is 7.84. The third-order valence-corrected chi connectivity index (χ3v) is 6.00. The van der Waals surface area contributed by atoms with Crippen LogP contribution < -0.4 is 10.1 Å². The molecule has 0 bridgehead atoms. The van der Waals surface area contributed by atoms with E-state index in [1.54, 1.807) is 12.1 Å². The highest BCUT2D eigenvalue weighted by atomic mass is 35.5. The van der Waals surface area contributed by atoms with E-state index in [-0.39, 0.29) is 5.91 Å². The number of amides is 2. The molecular formula is C25H26ClN3O3. The first kappa shape index (κ1) is 22.0. The molecule has 0 radical (unpaired) electrons. The highest BCUT2D eigenvalue weighted by Crippen LogP contribution is 2.30. The largest absolute Gasteiger partial charge is 0.496 e. The van der Waals surface area contributed by atoms with Crippen molar-refractivity contribution in [3.63, 3.8) is 0 Å². The van der Waals surface area contributed by atoms with Gasteiger partial charge in [0.2, 0.25) is 5.91 Å². The van der Waals surface area contributed by atoms with Crippen LogP contribution in [0.4, 0.5) is 0 Å². The molecule has 4 rings (SSSR count). The summed E-state index contributed by atoms with van der Waals surface area (Å²) < 4.78 is 7.34. The Morgan fingerprint density at radius 3 is 2.41 bits per heavy atom. The van der Waals surface area contributed by atoms with E-state index in [4.69, 9.17) is 16.3 Å². The first-order valence-electron chi connectivity index (χ1n) is 10.7. The zero-order chi connectivity index (χ0) is 22.5. The second-order valence-corrected chi connectivity index (χ2v) is 8.25. The van der Waals surface area contributed by atoms with Crippen LogP contribution >= 0.6 is 11.6 Å². The van der Waals surface area contributed by atoms with Crippen molar-refractivity contribution in [3.8, 4) is 11.4 Å². The Bertz CT molecular complexity index is 1080. The average molecular weight is 452 g/mol. The molecule has 1 aliphatic rings. The topological polar surface area (TPSA) is 63.6 Å². The van der Waals surface area contributed by atoms with Crippen LogP contribution in [-0.2, 0) is 11.2 Å². The van der Waals surface area contributed by atoms with Crippen LogP contribution in [0.25, 0.3) is 5.69 Å². The molecule has 0 saturated carbocycles. The predicted molar refractivity (Wildman–Crippen MR) is 125 cm³/mol. The first-order chi connectivity index (χ1) is 15.6. The Morgan fingerprint density at radius 1 is 1.06 bits per heavy atom. The molecule has 7 heteroatoms. The van der Waals surface area contributed by atoms with Gasteiger partial charge >= 0.3 is 0 Å². The molecule has 2 amide bonds. The predicted octanol–water partition coefficient (Wildman–Crippen LogP) is 4.10. The molecule has 1 aliphatic heterocycles. The summed E-state index contributed by atoms with van der Waals surface area (Å²) in [6, 6.07) is 16.1. The van der Waals surface area contributed by atoms with E-state index in [0.717, 1.165) is 31.5 Å². The first-order valence-corrected chi connectivity index (χ1v) is 11.1. The Morgan fingerprint density at radius 2 is 1.75 bits per heavy atom. The number of nitrogens with one attached hydrogen (secondary N) is 1. The van der Waals surface area contributed by atoms with Crippen LogP contribution in [0, 0.1) is 0 Å². The highest BCUT2D eigenvalue weighted by Gasteiger charge is 2.29. The number of likely N-dealkylation sites (tertiary alicyclic amines) is 1. The molecule has 32 heavy (non-hydrogen) atoms. The van der Waals surface area contributed by atoms with Crippen molar-refractivity contribution in [1.29, 1.82) is 0 Å². The molecule has 2 heterocycles. The third kappa shape index (κ3) is 4.81. The summed E-state index contributed by atoms with van der Waals surface area (Å²) in [5.41, 5.74) is 1.98. The fourth-order valence-corrected chi connectivity index (χ4v) is 4.29. The molecule has 6 nitrogen and oxygen atoms in total. The lowest BCUT2D eigenvalue weighted by Gasteiger charge is -2.24. The van der Waals surface area contributed by atoms with E-state index in [9.17, 15) is 9.59 Å². The number of hydrogen-bond donors (Lipinski definition) is 1. The van der Waals surface area contributed by atoms with Gasteiger partial charge in [-0.15, -0.1) is 0 Å². The van der Waals surface area contributed by atoms with E-state index >= 15 is 0 Å². The molecule has 2 aromatic carbocycles. The highest BCUT2D eigenvalue weighted by molar-refractivity contribution is 6.33. The Labute approximate surface area is 192 Å². The van der Waals surface area contributed by atoms with Crippen LogP contribution in [0.3, 0.4) is 0 Å². The fraction of sp³-hybridized carbons (Fsp3) is 0.280. The SMILES string of the molecule is COc1cc(-n2cccc2)c(Cl)cc1C(=O)NC(Cc1ccccc1)C(=O)N1CCCC1. The summed E-state index contributed by atoms with van der Waals surface area (Å²) in [6.07, 6.45) is 6.12. The quantitative estimate of drug-likeness (QED) is 0.588. The number of nitrogens with zero attached hydrogens (tertiary/aromatic N) is 2. The number of methoxy groups -OCH3 is 1. The monoisotopic (exact) mass is 451 g/mol. The Hall–Kier alpha value is -3.25. The van der Waals surface area contributed by atoms with E-state index in [0.29, 0.717) is 28.4 Å². The summed E-state index contributed by atoms with van der Waals surface area (Å²) in [7, 11) is 1.51. The van der Waals surface area contributed by atoms with Crippen LogP contribution in [0.2, 0.25) is 5.02 Å². The van der Waals surface area contributed by atoms with Gasteiger partial charge in [0.15, 0.2) is 0 Å². The number of aromatic nitrogens is 1. The van der Waals surface area contributed by atoms with Gasteiger partial charge in [-0.25, -0.2) is 0 Å². The zero-order valence-corrected chi connectivity index (χ0v) is 18.7. The Kier molecular flexibility index (Phi) is 6.81. The van der Waals surface area contributed by atoms with Crippen molar-refractivity contribution in [2.45, 2.75) is 25.3 Å². The molecule has 0 aliphatic carbocycles. The second kappa shape index (κ2) is 9.92. The molecule has 0 spiro atoms. The van der Waals surface area contributed by atoms with Crippen molar-refractivity contribution in [2.75, 3.05) is 20.2 Å². The fourth-order valence-electron chi connectivity index (χ4n) is 4.03. The van der Waals surface area contributed by atoms with Gasteiger partial charge in [0, 0.05) is 38.0 Å². The number of benzene rings is 2. The molecule has 1 atom stereocenters. The van der Waals surface area contributed by atoms with Crippen LogP contribution in [0.1, 0.15) is 28.8 Å². The van der Waals surface area contributed by atoms with Gasteiger partial charge in [-0.1, -0.05) is 41.9 Å². The minimum atomic E-state index is -0.671. The van der Waals surface area contributed by atoms with E-state index < -0.39 is 11.9 Å². The average Bonchev–Trinajstić information content (AvgIpc) is 3.53. The van der Waals surface area contributed by atoms with Gasteiger partial charge < -0.3 is 19.5 Å². The Balaban J connectivity index is 1.61. The maximum atomic E-state index is 13.3. The molecule has 166 valence electrons. The van der Waals surface area contributed by atoms with Gasteiger partial charge in [0.05, 0.1) is 23.4 Å².